The number of para-hydroxylation sites is 1. The predicted molar refractivity (Wildman–Crippen MR) is 74.7 cm³/mol. The van der Waals surface area contributed by atoms with E-state index in [2.05, 4.69) is 5.32 Å². The molecule has 2 aromatic rings. The zero-order chi connectivity index (χ0) is 13.1. The Morgan fingerprint density at radius 3 is 2.63 bits per heavy atom. The molecule has 0 atom stereocenters. The van der Waals surface area contributed by atoms with Gasteiger partial charge in [-0.3, -0.25) is 4.79 Å². The zero-order valence-corrected chi connectivity index (χ0v) is 10.8. The number of furan rings is 1. The lowest BCUT2D eigenvalue weighted by molar-refractivity contribution is -0.119. The fraction of sp³-hybridized carbons (Fsp3) is 0.312. The summed E-state index contributed by atoms with van der Waals surface area (Å²) in [6.07, 6.45) is 5.99. The first-order valence-corrected chi connectivity index (χ1v) is 6.78. The second-order valence-corrected chi connectivity index (χ2v) is 4.99. The summed E-state index contributed by atoms with van der Waals surface area (Å²) < 4.78 is 5.42. The van der Waals surface area contributed by atoms with Crippen LogP contribution >= 0.6 is 0 Å². The summed E-state index contributed by atoms with van der Waals surface area (Å²) in [6, 6.07) is 11.5. The summed E-state index contributed by atoms with van der Waals surface area (Å²) >= 11 is 0. The molecule has 1 heterocycles. The van der Waals surface area contributed by atoms with Crippen LogP contribution in [0.3, 0.4) is 0 Å². The first-order valence-electron chi connectivity index (χ1n) is 6.78. The molecule has 1 amide bonds. The van der Waals surface area contributed by atoms with Gasteiger partial charge in [0.1, 0.15) is 5.76 Å². The van der Waals surface area contributed by atoms with Crippen molar-refractivity contribution in [1.29, 1.82) is 0 Å². The number of anilines is 1. The van der Waals surface area contributed by atoms with Crippen LogP contribution in [0.4, 0.5) is 5.69 Å². The molecule has 98 valence electrons. The molecule has 1 aliphatic carbocycles. The van der Waals surface area contributed by atoms with Gasteiger partial charge < -0.3 is 9.73 Å². The molecule has 1 aromatic carbocycles. The topological polar surface area (TPSA) is 42.2 Å². The number of hydrogen-bond acceptors (Lipinski definition) is 2. The van der Waals surface area contributed by atoms with E-state index in [1.165, 1.54) is 0 Å². The number of rotatable bonds is 3. The molecule has 1 N–H and O–H groups in total. The van der Waals surface area contributed by atoms with Crippen molar-refractivity contribution in [2.24, 2.45) is 5.92 Å². The summed E-state index contributed by atoms with van der Waals surface area (Å²) in [5, 5.41) is 3.04. The summed E-state index contributed by atoms with van der Waals surface area (Å²) in [5.74, 6) is 1.09. The molecule has 0 aliphatic heterocycles. The minimum Gasteiger partial charge on any atom is -0.464 e. The second-order valence-electron chi connectivity index (χ2n) is 4.99. The number of benzene rings is 1. The van der Waals surface area contributed by atoms with Gasteiger partial charge in [0.05, 0.1) is 12.0 Å². The van der Waals surface area contributed by atoms with E-state index in [4.69, 9.17) is 4.42 Å². The fourth-order valence-electron chi connectivity index (χ4n) is 2.66. The molecular weight excluding hydrogens is 238 g/mol. The van der Waals surface area contributed by atoms with E-state index in [1.54, 1.807) is 6.26 Å². The average Bonchev–Trinajstić information content (AvgIpc) is 3.13. The normalized spacial score (nSPS) is 15.6. The third-order valence-corrected chi connectivity index (χ3v) is 3.70. The number of hydrogen-bond donors (Lipinski definition) is 1. The van der Waals surface area contributed by atoms with Crippen molar-refractivity contribution in [1.82, 2.24) is 0 Å². The molecule has 0 saturated heterocycles. The maximum absolute atomic E-state index is 12.2. The molecule has 3 nitrogen and oxygen atoms in total. The minimum atomic E-state index is 0.136. The average molecular weight is 255 g/mol. The summed E-state index contributed by atoms with van der Waals surface area (Å²) in [7, 11) is 0. The van der Waals surface area contributed by atoms with Gasteiger partial charge in [-0.15, -0.1) is 0 Å². The van der Waals surface area contributed by atoms with Crippen LogP contribution in [0.15, 0.2) is 47.1 Å². The maximum Gasteiger partial charge on any atom is 0.227 e. The summed E-state index contributed by atoms with van der Waals surface area (Å²) in [5.41, 5.74) is 1.76. The standard InChI is InChI=1S/C16H17NO2/c18-16(12-6-1-2-7-12)17-14-9-4-3-8-13(14)15-10-5-11-19-15/h3-5,8-12H,1-2,6-7H2,(H,17,18). The van der Waals surface area contributed by atoms with Crippen LogP contribution in [-0.2, 0) is 4.79 Å². The van der Waals surface area contributed by atoms with Crippen molar-refractivity contribution in [3.63, 3.8) is 0 Å². The molecule has 1 aliphatic rings. The van der Waals surface area contributed by atoms with Gasteiger partial charge in [0.15, 0.2) is 0 Å². The summed E-state index contributed by atoms with van der Waals surface area (Å²) in [4.78, 5) is 12.2. The molecule has 19 heavy (non-hydrogen) atoms. The van der Waals surface area contributed by atoms with Crippen LogP contribution in [0.2, 0.25) is 0 Å². The Balaban J connectivity index is 1.83. The molecule has 0 spiro atoms. The Bertz CT molecular complexity index is 554. The van der Waals surface area contributed by atoms with Crippen LogP contribution in [-0.4, -0.2) is 5.91 Å². The summed E-state index contributed by atoms with van der Waals surface area (Å²) in [6.45, 7) is 0. The Labute approximate surface area is 112 Å². The Hall–Kier alpha value is -2.03. The maximum atomic E-state index is 12.2. The van der Waals surface area contributed by atoms with Gasteiger partial charge in [-0.25, -0.2) is 0 Å². The second kappa shape index (κ2) is 5.31. The first kappa shape index (κ1) is 12.0. The molecular formula is C16H17NO2. The molecule has 0 radical (unpaired) electrons. The lowest BCUT2D eigenvalue weighted by atomic mass is 10.1. The van der Waals surface area contributed by atoms with Crippen molar-refractivity contribution in [3.8, 4) is 11.3 Å². The number of carbonyl (C=O) groups is 1. The smallest absolute Gasteiger partial charge is 0.227 e. The van der Waals surface area contributed by atoms with Crippen LogP contribution in [0, 0.1) is 5.92 Å². The van der Waals surface area contributed by atoms with E-state index in [0.717, 1.165) is 42.7 Å². The Morgan fingerprint density at radius 1 is 1.11 bits per heavy atom. The van der Waals surface area contributed by atoms with Crippen molar-refractivity contribution in [2.45, 2.75) is 25.7 Å². The molecule has 1 fully saturated rings. The molecule has 3 heteroatoms. The van der Waals surface area contributed by atoms with Gasteiger partial charge in [-0.05, 0) is 37.1 Å². The largest absolute Gasteiger partial charge is 0.464 e. The lowest BCUT2D eigenvalue weighted by Crippen LogP contribution is -2.20. The van der Waals surface area contributed by atoms with Crippen molar-refractivity contribution < 1.29 is 9.21 Å². The highest BCUT2D eigenvalue weighted by Crippen LogP contribution is 2.30. The van der Waals surface area contributed by atoms with Gasteiger partial charge in [0, 0.05) is 11.5 Å². The van der Waals surface area contributed by atoms with Gasteiger partial charge in [-0.1, -0.05) is 25.0 Å². The minimum absolute atomic E-state index is 0.136. The van der Waals surface area contributed by atoms with Crippen molar-refractivity contribution in [3.05, 3.63) is 42.7 Å². The Morgan fingerprint density at radius 2 is 1.89 bits per heavy atom. The van der Waals surface area contributed by atoms with Crippen LogP contribution < -0.4 is 5.32 Å². The molecule has 0 bridgehead atoms. The van der Waals surface area contributed by atoms with E-state index in [1.807, 2.05) is 36.4 Å². The van der Waals surface area contributed by atoms with E-state index in [0.29, 0.717) is 0 Å². The Kier molecular flexibility index (Phi) is 3.36. The lowest BCUT2D eigenvalue weighted by Gasteiger charge is -2.12. The number of amides is 1. The van der Waals surface area contributed by atoms with Crippen molar-refractivity contribution in [2.75, 3.05) is 5.32 Å². The van der Waals surface area contributed by atoms with Crippen molar-refractivity contribution >= 4 is 11.6 Å². The van der Waals surface area contributed by atoms with E-state index in [-0.39, 0.29) is 11.8 Å². The molecule has 0 unspecified atom stereocenters. The molecule has 3 rings (SSSR count). The van der Waals surface area contributed by atoms with E-state index < -0.39 is 0 Å². The van der Waals surface area contributed by atoms with E-state index >= 15 is 0 Å². The number of nitrogens with one attached hydrogen (secondary N) is 1. The van der Waals surface area contributed by atoms with E-state index in [9.17, 15) is 4.79 Å². The SMILES string of the molecule is O=C(Nc1ccccc1-c1ccco1)C1CCCC1. The van der Waals surface area contributed by atoms with Gasteiger partial charge in [0.2, 0.25) is 5.91 Å². The highest BCUT2D eigenvalue weighted by Gasteiger charge is 2.23. The van der Waals surface area contributed by atoms with Gasteiger partial charge in [-0.2, -0.15) is 0 Å². The van der Waals surface area contributed by atoms with Crippen LogP contribution in [0.1, 0.15) is 25.7 Å². The quantitative estimate of drug-likeness (QED) is 0.898. The van der Waals surface area contributed by atoms with Gasteiger partial charge in [0.25, 0.3) is 0 Å². The highest BCUT2D eigenvalue weighted by molar-refractivity contribution is 5.96. The first-order chi connectivity index (χ1) is 9.34. The van der Waals surface area contributed by atoms with Crippen LogP contribution in [0.25, 0.3) is 11.3 Å². The third-order valence-electron chi connectivity index (χ3n) is 3.70. The van der Waals surface area contributed by atoms with Gasteiger partial charge >= 0.3 is 0 Å². The zero-order valence-electron chi connectivity index (χ0n) is 10.8. The monoisotopic (exact) mass is 255 g/mol. The highest BCUT2D eigenvalue weighted by atomic mass is 16.3. The van der Waals surface area contributed by atoms with Crippen LogP contribution in [0.5, 0.6) is 0 Å². The number of carbonyl (C=O) groups excluding carboxylic acids is 1. The predicted octanol–water partition coefficient (Wildman–Crippen LogP) is 4.08. The third kappa shape index (κ3) is 2.55. The molecule has 1 aromatic heterocycles. The fourth-order valence-corrected chi connectivity index (χ4v) is 2.66. The molecule has 1 saturated carbocycles.